The molecule has 0 amide bonds. The lowest BCUT2D eigenvalue weighted by Crippen LogP contribution is -2.14. The van der Waals surface area contributed by atoms with Crippen molar-refractivity contribution < 1.29 is 0 Å². The first-order valence-corrected chi connectivity index (χ1v) is 6.50. The van der Waals surface area contributed by atoms with E-state index >= 15 is 0 Å². The number of rotatable bonds is 2. The number of H-pyrrole nitrogens is 1. The molecular formula is C10H8BrN3OS. The fourth-order valence-corrected chi connectivity index (χ4v) is 2.03. The summed E-state index contributed by atoms with van der Waals surface area (Å²) in [6.07, 6.45) is 1.83. The molecular weight excluding hydrogens is 290 g/mol. The van der Waals surface area contributed by atoms with Crippen LogP contribution in [0.5, 0.6) is 0 Å². The second kappa shape index (κ2) is 4.80. The largest absolute Gasteiger partial charge is 0.298 e. The number of benzene rings is 1. The third-order valence-electron chi connectivity index (χ3n) is 2.00. The zero-order valence-electron chi connectivity index (χ0n) is 8.40. The summed E-state index contributed by atoms with van der Waals surface area (Å²) in [6, 6.07) is 7.41. The molecule has 0 bridgehead atoms. The van der Waals surface area contributed by atoms with Crippen molar-refractivity contribution in [2.45, 2.75) is 5.16 Å². The second-order valence-corrected chi connectivity index (χ2v) is 4.64. The quantitative estimate of drug-likeness (QED) is 0.864. The van der Waals surface area contributed by atoms with E-state index in [4.69, 9.17) is 0 Å². The number of hydrogen-bond acceptors (Lipinski definition) is 4. The number of aromatic nitrogens is 3. The molecule has 0 atom stereocenters. The zero-order chi connectivity index (χ0) is 11.5. The third kappa shape index (κ3) is 2.17. The highest BCUT2D eigenvalue weighted by atomic mass is 79.9. The summed E-state index contributed by atoms with van der Waals surface area (Å²) in [4.78, 5) is 14.4. The van der Waals surface area contributed by atoms with E-state index in [1.807, 2.05) is 30.5 Å². The maximum atomic E-state index is 11.8. The highest BCUT2D eigenvalue weighted by Crippen LogP contribution is 2.23. The molecule has 1 heterocycles. The Morgan fingerprint density at radius 1 is 1.31 bits per heavy atom. The Labute approximate surface area is 105 Å². The maximum absolute atomic E-state index is 11.8. The Bertz CT molecular complexity index is 570. The van der Waals surface area contributed by atoms with Gasteiger partial charge in [0.2, 0.25) is 0 Å². The van der Waals surface area contributed by atoms with Crippen LogP contribution in [0.4, 0.5) is 0 Å². The van der Waals surface area contributed by atoms with Gasteiger partial charge in [0.25, 0.3) is 5.56 Å². The SMILES string of the molecule is CSc1nnc(-c2ccccc2Br)c(=O)[nH]1. The van der Waals surface area contributed by atoms with Crippen LogP contribution in [0.3, 0.4) is 0 Å². The molecule has 2 aromatic rings. The van der Waals surface area contributed by atoms with Crippen molar-refractivity contribution >= 4 is 27.7 Å². The highest BCUT2D eigenvalue weighted by Gasteiger charge is 2.09. The van der Waals surface area contributed by atoms with Crippen molar-refractivity contribution in [1.82, 2.24) is 15.2 Å². The van der Waals surface area contributed by atoms with Crippen LogP contribution >= 0.6 is 27.7 Å². The van der Waals surface area contributed by atoms with Gasteiger partial charge in [0.05, 0.1) is 0 Å². The minimum absolute atomic E-state index is 0.230. The van der Waals surface area contributed by atoms with Gasteiger partial charge in [-0.05, 0) is 12.3 Å². The summed E-state index contributed by atoms with van der Waals surface area (Å²) in [5.74, 6) is 0. The summed E-state index contributed by atoms with van der Waals surface area (Å²) >= 11 is 4.73. The molecule has 6 heteroatoms. The molecule has 0 unspecified atom stereocenters. The molecule has 0 radical (unpaired) electrons. The normalized spacial score (nSPS) is 10.4. The molecule has 1 aromatic heterocycles. The average molecular weight is 298 g/mol. The lowest BCUT2D eigenvalue weighted by Gasteiger charge is -2.02. The van der Waals surface area contributed by atoms with E-state index in [2.05, 4.69) is 31.1 Å². The first kappa shape index (κ1) is 11.3. The Morgan fingerprint density at radius 2 is 2.06 bits per heavy atom. The molecule has 0 aliphatic rings. The summed E-state index contributed by atoms with van der Waals surface area (Å²) in [7, 11) is 0. The van der Waals surface area contributed by atoms with Gasteiger partial charge in [0, 0.05) is 10.0 Å². The second-order valence-electron chi connectivity index (χ2n) is 2.99. The van der Waals surface area contributed by atoms with E-state index in [1.165, 1.54) is 11.8 Å². The first-order chi connectivity index (χ1) is 7.72. The smallest absolute Gasteiger partial charge is 0.278 e. The summed E-state index contributed by atoms with van der Waals surface area (Å²) in [6.45, 7) is 0. The number of halogens is 1. The van der Waals surface area contributed by atoms with Gasteiger partial charge in [-0.15, -0.1) is 10.2 Å². The summed E-state index contributed by atoms with van der Waals surface area (Å²) < 4.78 is 0.826. The number of nitrogens with zero attached hydrogens (tertiary/aromatic N) is 2. The molecule has 1 aromatic carbocycles. The highest BCUT2D eigenvalue weighted by molar-refractivity contribution is 9.10. The minimum Gasteiger partial charge on any atom is -0.298 e. The predicted octanol–water partition coefficient (Wildman–Crippen LogP) is 2.32. The van der Waals surface area contributed by atoms with Crippen LogP contribution < -0.4 is 5.56 Å². The first-order valence-electron chi connectivity index (χ1n) is 4.48. The van der Waals surface area contributed by atoms with E-state index in [0.717, 1.165) is 10.0 Å². The molecule has 0 saturated heterocycles. The van der Waals surface area contributed by atoms with Crippen molar-refractivity contribution in [3.8, 4) is 11.3 Å². The van der Waals surface area contributed by atoms with E-state index in [-0.39, 0.29) is 5.56 Å². The van der Waals surface area contributed by atoms with E-state index < -0.39 is 0 Å². The van der Waals surface area contributed by atoms with E-state index in [0.29, 0.717) is 10.9 Å². The number of hydrogen-bond donors (Lipinski definition) is 1. The van der Waals surface area contributed by atoms with Crippen LogP contribution in [0.1, 0.15) is 0 Å². The van der Waals surface area contributed by atoms with Crippen LogP contribution in [0.25, 0.3) is 11.3 Å². The minimum atomic E-state index is -0.230. The van der Waals surface area contributed by atoms with Gasteiger partial charge < -0.3 is 0 Å². The predicted molar refractivity (Wildman–Crippen MR) is 67.6 cm³/mol. The Kier molecular flexibility index (Phi) is 3.40. The Balaban J connectivity index is 2.58. The molecule has 0 spiro atoms. The Hall–Kier alpha value is -1.14. The van der Waals surface area contributed by atoms with E-state index in [9.17, 15) is 4.79 Å². The van der Waals surface area contributed by atoms with Gasteiger partial charge in [-0.3, -0.25) is 9.78 Å². The van der Waals surface area contributed by atoms with Crippen LogP contribution in [-0.2, 0) is 0 Å². The lowest BCUT2D eigenvalue weighted by molar-refractivity contribution is 0.825. The Morgan fingerprint density at radius 3 is 2.69 bits per heavy atom. The van der Waals surface area contributed by atoms with Crippen LogP contribution in [0, 0.1) is 0 Å². The molecule has 16 heavy (non-hydrogen) atoms. The number of thioether (sulfide) groups is 1. The third-order valence-corrected chi connectivity index (χ3v) is 3.26. The van der Waals surface area contributed by atoms with Gasteiger partial charge in [-0.25, -0.2) is 0 Å². The van der Waals surface area contributed by atoms with Gasteiger partial charge in [-0.2, -0.15) is 0 Å². The van der Waals surface area contributed by atoms with Gasteiger partial charge in [0.15, 0.2) is 10.9 Å². The zero-order valence-corrected chi connectivity index (χ0v) is 10.8. The van der Waals surface area contributed by atoms with Crippen LogP contribution in [0.15, 0.2) is 38.7 Å². The van der Waals surface area contributed by atoms with E-state index in [1.54, 1.807) is 0 Å². The van der Waals surface area contributed by atoms with Crippen LogP contribution in [0.2, 0.25) is 0 Å². The average Bonchev–Trinajstić information content (AvgIpc) is 2.30. The fourth-order valence-electron chi connectivity index (χ4n) is 1.24. The van der Waals surface area contributed by atoms with Crippen molar-refractivity contribution in [3.05, 3.63) is 39.1 Å². The van der Waals surface area contributed by atoms with Gasteiger partial charge in [-0.1, -0.05) is 45.9 Å². The van der Waals surface area contributed by atoms with Gasteiger partial charge in [0.1, 0.15) is 0 Å². The number of aromatic amines is 1. The molecule has 1 N–H and O–H groups in total. The molecule has 0 aliphatic heterocycles. The van der Waals surface area contributed by atoms with Crippen LogP contribution in [-0.4, -0.2) is 21.4 Å². The van der Waals surface area contributed by atoms with Gasteiger partial charge >= 0.3 is 0 Å². The van der Waals surface area contributed by atoms with Crippen molar-refractivity contribution in [3.63, 3.8) is 0 Å². The van der Waals surface area contributed by atoms with Crippen molar-refractivity contribution in [2.75, 3.05) is 6.26 Å². The molecule has 82 valence electrons. The lowest BCUT2D eigenvalue weighted by atomic mass is 10.2. The molecule has 4 nitrogen and oxygen atoms in total. The molecule has 0 aliphatic carbocycles. The fraction of sp³-hybridized carbons (Fsp3) is 0.100. The topological polar surface area (TPSA) is 58.6 Å². The standard InChI is InChI=1S/C10H8BrN3OS/c1-16-10-12-9(15)8(13-14-10)6-4-2-3-5-7(6)11/h2-5H,1H3,(H,12,14,15). The van der Waals surface area contributed by atoms with Crippen molar-refractivity contribution in [2.24, 2.45) is 0 Å². The molecule has 0 fully saturated rings. The van der Waals surface area contributed by atoms with Crippen molar-refractivity contribution in [1.29, 1.82) is 0 Å². The maximum Gasteiger partial charge on any atom is 0.278 e. The molecule has 2 rings (SSSR count). The number of nitrogens with one attached hydrogen (secondary N) is 1. The monoisotopic (exact) mass is 297 g/mol. The molecule has 0 saturated carbocycles. The summed E-state index contributed by atoms with van der Waals surface area (Å²) in [5.41, 5.74) is 0.834. The summed E-state index contributed by atoms with van der Waals surface area (Å²) in [5, 5.41) is 8.36.